The fourth-order valence-corrected chi connectivity index (χ4v) is 4.54. The van der Waals surface area contributed by atoms with Crippen LogP contribution in [0.5, 0.6) is 0 Å². The Labute approximate surface area is 205 Å². The second-order valence-electron chi connectivity index (χ2n) is 8.97. The van der Waals surface area contributed by atoms with Gasteiger partial charge in [-0.25, -0.2) is 14.8 Å². The lowest BCUT2D eigenvalue weighted by atomic mass is 9.96. The van der Waals surface area contributed by atoms with Crippen LogP contribution in [0.25, 0.3) is 49.6 Å². The maximum atomic E-state index is 12.8. The molecule has 0 bridgehead atoms. The molecule has 5 aromatic heterocycles. The van der Waals surface area contributed by atoms with Crippen LogP contribution >= 0.6 is 0 Å². The molecule has 0 radical (unpaired) electrons. The third-order valence-electron chi connectivity index (χ3n) is 6.57. The van der Waals surface area contributed by atoms with Crippen LogP contribution in [0.3, 0.4) is 0 Å². The molecule has 6 rings (SSSR count). The Morgan fingerprint density at radius 3 is 2.75 bits per heavy atom. The molecule has 11 nitrogen and oxygen atoms in total. The van der Waals surface area contributed by atoms with Crippen molar-refractivity contribution in [2.24, 2.45) is 5.92 Å². The van der Waals surface area contributed by atoms with E-state index in [9.17, 15) is 4.79 Å². The molecule has 0 unspecified atom stereocenters. The van der Waals surface area contributed by atoms with E-state index in [1.54, 1.807) is 24.8 Å². The molecule has 6 heterocycles. The quantitative estimate of drug-likeness (QED) is 0.335. The van der Waals surface area contributed by atoms with Crippen molar-refractivity contribution >= 4 is 39.3 Å². The Morgan fingerprint density at radius 2 is 1.92 bits per heavy atom. The van der Waals surface area contributed by atoms with Crippen molar-refractivity contribution in [3.8, 4) is 22.6 Å². The normalized spacial score (nSPS) is 14.8. The minimum atomic E-state index is 0.0127. The predicted octanol–water partition coefficient (Wildman–Crippen LogP) is 3.79. The van der Waals surface area contributed by atoms with E-state index in [1.807, 2.05) is 12.1 Å². The molecule has 0 atom stereocenters. The highest BCUT2D eigenvalue weighted by Gasteiger charge is 2.23. The molecule has 0 saturated carbocycles. The standard InChI is InChI=1S/C25H22N10O/c1-26-19-12-28-13-20-22(19)32-24(31-20)21-18-8-16(10-29-23(18)34-33-21)15-7-17(11-27-9-15)30-25(36)14-3-5-35(2)6-4-14/h7-14H,3-6H2,2H3,(H,30,36)(H,31,32)(H,29,33,34). The summed E-state index contributed by atoms with van der Waals surface area (Å²) in [7, 11) is 2.08. The highest BCUT2D eigenvalue weighted by molar-refractivity contribution is 5.96. The van der Waals surface area contributed by atoms with Crippen molar-refractivity contribution in [1.82, 2.24) is 40.0 Å². The topological polar surface area (TPSA) is 133 Å². The van der Waals surface area contributed by atoms with E-state index in [4.69, 9.17) is 6.57 Å². The van der Waals surface area contributed by atoms with E-state index in [0.29, 0.717) is 39.6 Å². The van der Waals surface area contributed by atoms with Crippen LogP contribution in [0, 0.1) is 12.5 Å². The Morgan fingerprint density at radius 1 is 1.11 bits per heavy atom. The molecule has 1 saturated heterocycles. The van der Waals surface area contributed by atoms with Gasteiger partial charge in [0.1, 0.15) is 5.69 Å². The summed E-state index contributed by atoms with van der Waals surface area (Å²) < 4.78 is 0. The van der Waals surface area contributed by atoms with Crippen LogP contribution in [0.2, 0.25) is 0 Å². The van der Waals surface area contributed by atoms with Gasteiger partial charge in [0.15, 0.2) is 11.5 Å². The van der Waals surface area contributed by atoms with Crippen LogP contribution in [0.1, 0.15) is 12.8 Å². The van der Waals surface area contributed by atoms with Crippen LogP contribution < -0.4 is 5.32 Å². The van der Waals surface area contributed by atoms with Crippen LogP contribution in [-0.2, 0) is 4.79 Å². The minimum absolute atomic E-state index is 0.0127. The number of rotatable bonds is 4. The third kappa shape index (κ3) is 3.93. The highest BCUT2D eigenvalue weighted by atomic mass is 16.1. The maximum Gasteiger partial charge on any atom is 0.232 e. The Bertz CT molecular complexity index is 1640. The second-order valence-corrected chi connectivity index (χ2v) is 8.97. The van der Waals surface area contributed by atoms with Crippen molar-refractivity contribution in [2.45, 2.75) is 12.8 Å². The average Bonchev–Trinajstić information content (AvgIpc) is 3.52. The number of anilines is 1. The number of nitrogens with one attached hydrogen (secondary N) is 3. The number of piperidine rings is 1. The minimum Gasteiger partial charge on any atom is -0.337 e. The number of likely N-dealkylation sites (tertiary alicyclic amines) is 1. The molecule has 0 spiro atoms. The van der Waals surface area contributed by atoms with Crippen molar-refractivity contribution in [2.75, 3.05) is 25.5 Å². The van der Waals surface area contributed by atoms with Gasteiger partial charge in [-0.2, -0.15) is 5.10 Å². The van der Waals surface area contributed by atoms with Gasteiger partial charge in [-0.15, -0.1) is 0 Å². The molecule has 1 fully saturated rings. The lowest BCUT2D eigenvalue weighted by molar-refractivity contribution is -0.121. The predicted molar refractivity (Wildman–Crippen MR) is 135 cm³/mol. The number of amides is 1. The second kappa shape index (κ2) is 8.83. The number of pyridine rings is 3. The summed E-state index contributed by atoms with van der Waals surface area (Å²) in [5.74, 6) is 0.589. The van der Waals surface area contributed by atoms with Gasteiger partial charge in [0.2, 0.25) is 11.6 Å². The van der Waals surface area contributed by atoms with Gasteiger partial charge in [-0.3, -0.25) is 19.9 Å². The van der Waals surface area contributed by atoms with Gasteiger partial charge < -0.3 is 15.2 Å². The number of carbonyl (C=O) groups excluding carboxylic acids is 1. The molecule has 1 aliphatic heterocycles. The number of hydrogen-bond acceptors (Lipinski definition) is 7. The summed E-state index contributed by atoms with van der Waals surface area (Å²) >= 11 is 0. The van der Waals surface area contributed by atoms with Gasteiger partial charge in [-0.1, -0.05) is 0 Å². The van der Waals surface area contributed by atoms with Crippen molar-refractivity contribution in [3.05, 3.63) is 54.5 Å². The zero-order chi connectivity index (χ0) is 24.6. The zero-order valence-corrected chi connectivity index (χ0v) is 19.5. The molecule has 0 aliphatic carbocycles. The van der Waals surface area contributed by atoms with Gasteiger partial charge in [0.05, 0.1) is 34.9 Å². The van der Waals surface area contributed by atoms with Gasteiger partial charge in [0, 0.05) is 41.8 Å². The summed E-state index contributed by atoms with van der Waals surface area (Å²) in [5, 5.41) is 11.1. The number of imidazole rings is 1. The molecule has 178 valence electrons. The van der Waals surface area contributed by atoms with E-state index < -0.39 is 0 Å². The van der Waals surface area contributed by atoms with Crippen LogP contribution in [0.4, 0.5) is 11.4 Å². The first kappa shape index (κ1) is 21.8. The van der Waals surface area contributed by atoms with Crippen molar-refractivity contribution in [3.63, 3.8) is 0 Å². The SMILES string of the molecule is [C-]#[N+]c1cncc2[nH]c(-c3[nH]nc4ncc(-c5cncc(NC(=O)C6CCN(C)CC6)c5)cc34)nc12. The number of carbonyl (C=O) groups is 1. The van der Waals surface area contributed by atoms with E-state index in [1.165, 1.54) is 6.20 Å². The van der Waals surface area contributed by atoms with E-state index in [-0.39, 0.29) is 11.8 Å². The number of hydrogen-bond donors (Lipinski definition) is 3. The number of fused-ring (bicyclic) bond motifs is 2. The number of aromatic amines is 2. The largest absolute Gasteiger partial charge is 0.337 e. The first-order valence-electron chi connectivity index (χ1n) is 11.6. The maximum absolute atomic E-state index is 12.8. The highest BCUT2D eigenvalue weighted by Crippen LogP contribution is 2.31. The van der Waals surface area contributed by atoms with E-state index >= 15 is 0 Å². The molecular weight excluding hydrogens is 456 g/mol. The zero-order valence-electron chi connectivity index (χ0n) is 19.5. The summed E-state index contributed by atoms with van der Waals surface area (Å²) in [5.41, 5.74) is 5.10. The monoisotopic (exact) mass is 478 g/mol. The number of H-pyrrole nitrogens is 2. The summed E-state index contributed by atoms with van der Waals surface area (Å²) in [6.07, 6.45) is 9.97. The molecule has 5 aromatic rings. The van der Waals surface area contributed by atoms with E-state index in [0.717, 1.165) is 42.4 Å². The third-order valence-corrected chi connectivity index (χ3v) is 6.57. The Balaban J connectivity index is 1.31. The molecule has 0 aromatic carbocycles. The molecule has 11 heteroatoms. The summed E-state index contributed by atoms with van der Waals surface area (Å²) in [6.45, 7) is 9.21. The summed E-state index contributed by atoms with van der Waals surface area (Å²) in [6, 6.07) is 3.86. The van der Waals surface area contributed by atoms with Crippen LogP contribution in [-0.4, -0.2) is 66.1 Å². The van der Waals surface area contributed by atoms with Crippen molar-refractivity contribution < 1.29 is 4.79 Å². The average molecular weight is 479 g/mol. The Kier molecular flexibility index (Phi) is 5.35. The molecule has 1 amide bonds. The van der Waals surface area contributed by atoms with Crippen LogP contribution in [0.15, 0.2) is 43.1 Å². The summed E-state index contributed by atoms with van der Waals surface area (Å²) in [4.78, 5) is 39.3. The number of aromatic nitrogens is 7. The van der Waals surface area contributed by atoms with Crippen molar-refractivity contribution in [1.29, 1.82) is 0 Å². The van der Waals surface area contributed by atoms with Gasteiger partial charge >= 0.3 is 0 Å². The number of nitrogens with zero attached hydrogens (tertiary/aromatic N) is 7. The van der Waals surface area contributed by atoms with E-state index in [2.05, 4.69) is 57.2 Å². The molecule has 3 N–H and O–H groups in total. The fourth-order valence-electron chi connectivity index (χ4n) is 4.54. The van der Waals surface area contributed by atoms with Gasteiger partial charge in [-0.05, 0) is 45.1 Å². The lowest BCUT2D eigenvalue weighted by Gasteiger charge is -2.28. The molecule has 36 heavy (non-hydrogen) atoms. The molecule has 1 aliphatic rings. The smallest absolute Gasteiger partial charge is 0.232 e. The first-order valence-corrected chi connectivity index (χ1v) is 11.6. The lowest BCUT2D eigenvalue weighted by Crippen LogP contribution is -2.35. The Hall–Kier alpha value is -4.69. The molecular formula is C25H22N10O. The fraction of sp³-hybridized carbons (Fsp3) is 0.240. The first-order chi connectivity index (χ1) is 17.6. The van der Waals surface area contributed by atoms with Gasteiger partial charge in [0.25, 0.3) is 0 Å².